The molecule has 1 spiro atoms. The Hall–Kier alpha value is -0.670. The second-order valence-electron chi connectivity index (χ2n) is 9.56. The summed E-state index contributed by atoms with van der Waals surface area (Å²) in [6.45, 7) is 11.0. The maximum Gasteiger partial charge on any atom is 0.483 e. The number of phosphoric acid groups is 2. The van der Waals surface area contributed by atoms with Crippen molar-refractivity contribution in [3.63, 3.8) is 0 Å². The fourth-order valence-corrected chi connectivity index (χ4v) is 8.47. The van der Waals surface area contributed by atoms with Crippen molar-refractivity contribution in [2.24, 2.45) is 11.8 Å². The van der Waals surface area contributed by atoms with E-state index in [1.54, 1.807) is 13.8 Å². The number of rotatable bonds is 7. The van der Waals surface area contributed by atoms with Crippen LogP contribution in [-0.4, -0.2) is 34.4 Å². The molecule has 0 aromatic carbocycles. The Balaban J connectivity index is 1.63. The van der Waals surface area contributed by atoms with Crippen molar-refractivity contribution in [2.75, 3.05) is 0 Å². The molecule has 5 aliphatic heterocycles. The van der Waals surface area contributed by atoms with E-state index >= 15 is 0 Å². The van der Waals surface area contributed by atoms with Crippen LogP contribution in [0, 0.1) is 11.8 Å². The van der Waals surface area contributed by atoms with Crippen LogP contribution in [0.3, 0.4) is 0 Å². The minimum absolute atomic E-state index is 0.00684. The van der Waals surface area contributed by atoms with Gasteiger partial charge in [-0.1, -0.05) is 38.0 Å². The number of hydrogen-bond acceptors (Lipinski definition) is 10. The topological polar surface area (TPSA) is 127 Å². The zero-order valence-electron chi connectivity index (χ0n) is 19.0. The molecule has 180 valence electrons. The summed E-state index contributed by atoms with van der Waals surface area (Å²) in [6, 6.07) is 0. The number of allylic oxidation sites excluding steroid dienone is 3. The molecule has 0 aromatic rings. The van der Waals surface area contributed by atoms with Crippen molar-refractivity contribution in [2.45, 2.75) is 84.3 Å². The molecule has 0 amide bonds. The lowest BCUT2D eigenvalue weighted by Crippen LogP contribution is -2.64. The number of aliphatic hydroxyl groups is 1. The third-order valence-corrected chi connectivity index (χ3v) is 8.99. The van der Waals surface area contributed by atoms with E-state index < -0.39 is 50.8 Å². The van der Waals surface area contributed by atoms with Crippen LogP contribution in [0.25, 0.3) is 0 Å². The average Bonchev–Trinajstić information content (AvgIpc) is 3.09. The molecule has 0 aliphatic carbocycles. The first-order valence-electron chi connectivity index (χ1n) is 10.7. The van der Waals surface area contributed by atoms with E-state index in [1.807, 2.05) is 33.8 Å². The molecule has 10 nitrogen and oxygen atoms in total. The standard InChI is InChI=1S/C20H30O10P2/c1-12(2)8-7-9-14(5)10-16(21)19(22)17-15(6)20(29-31(23,25-17)28-19)18(11-13(3)4)26-32(24,27-18)30-20/h8,10,13,15,17,22H,7,9,11H2,1-6H3/b14-10+. The minimum atomic E-state index is -4.47. The van der Waals surface area contributed by atoms with Gasteiger partial charge >= 0.3 is 15.6 Å². The van der Waals surface area contributed by atoms with Gasteiger partial charge in [-0.2, -0.15) is 0 Å². The van der Waals surface area contributed by atoms with Crippen LogP contribution >= 0.6 is 15.6 Å². The first kappa shape index (κ1) is 24.5. The molecule has 5 saturated heterocycles. The molecule has 5 unspecified atom stereocenters. The van der Waals surface area contributed by atoms with Gasteiger partial charge in [-0.05, 0) is 45.6 Å². The van der Waals surface area contributed by atoms with Crippen molar-refractivity contribution in [1.29, 1.82) is 0 Å². The van der Waals surface area contributed by atoms with Gasteiger partial charge in [0, 0.05) is 12.3 Å². The highest BCUT2D eigenvalue weighted by Gasteiger charge is 2.87. The van der Waals surface area contributed by atoms with E-state index in [9.17, 15) is 19.0 Å². The van der Waals surface area contributed by atoms with Gasteiger partial charge in [-0.25, -0.2) is 31.7 Å². The Morgan fingerprint density at radius 3 is 2.28 bits per heavy atom. The predicted octanol–water partition coefficient (Wildman–Crippen LogP) is 4.75. The van der Waals surface area contributed by atoms with E-state index in [0.717, 1.165) is 12.0 Å². The number of ketones is 1. The fourth-order valence-electron chi connectivity index (χ4n) is 4.58. The van der Waals surface area contributed by atoms with Crippen LogP contribution in [0.2, 0.25) is 0 Å². The van der Waals surface area contributed by atoms with Gasteiger partial charge in [0.15, 0.2) is 0 Å². The molecular formula is C20H30O10P2. The summed E-state index contributed by atoms with van der Waals surface area (Å²) < 4.78 is 58.6. The van der Waals surface area contributed by atoms with Crippen LogP contribution in [0.1, 0.15) is 60.8 Å². The van der Waals surface area contributed by atoms with Crippen LogP contribution in [0.15, 0.2) is 23.3 Å². The van der Waals surface area contributed by atoms with Crippen LogP contribution in [0.4, 0.5) is 0 Å². The molecule has 0 aromatic heterocycles. The van der Waals surface area contributed by atoms with Crippen molar-refractivity contribution in [1.82, 2.24) is 0 Å². The average molecular weight is 492 g/mol. The third kappa shape index (κ3) is 3.65. The molecule has 12 heteroatoms. The second-order valence-corrected chi connectivity index (χ2v) is 12.5. The van der Waals surface area contributed by atoms with Crippen LogP contribution in [0.5, 0.6) is 0 Å². The summed E-state index contributed by atoms with van der Waals surface area (Å²) in [4.78, 5) is 13.0. The normalized spacial score (nSPS) is 47.1. The first-order valence-corrected chi connectivity index (χ1v) is 13.6. The van der Waals surface area contributed by atoms with E-state index in [4.69, 9.17) is 27.1 Å². The number of carbonyl (C=O) groups excluding carboxylic acids is 1. The molecule has 5 rings (SSSR count). The minimum Gasteiger partial charge on any atom is -0.357 e. The van der Waals surface area contributed by atoms with Gasteiger partial charge in [0.05, 0.1) is 0 Å². The highest BCUT2D eigenvalue weighted by molar-refractivity contribution is 7.50. The molecule has 0 saturated carbocycles. The quantitative estimate of drug-likeness (QED) is 0.302. The number of hydrogen-bond donors (Lipinski definition) is 1. The predicted molar refractivity (Wildman–Crippen MR) is 112 cm³/mol. The van der Waals surface area contributed by atoms with E-state index in [2.05, 4.69) is 0 Å². The summed E-state index contributed by atoms with van der Waals surface area (Å²) in [5, 5.41) is 11.2. The van der Waals surface area contributed by atoms with E-state index in [-0.39, 0.29) is 12.3 Å². The smallest absolute Gasteiger partial charge is 0.357 e. The summed E-state index contributed by atoms with van der Waals surface area (Å²) in [5.74, 6) is -7.89. The Bertz CT molecular complexity index is 973. The Labute approximate surface area is 187 Å². The van der Waals surface area contributed by atoms with Gasteiger partial charge in [-0.3, -0.25) is 9.32 Å². The van der Waals surface area contributed by atoms with Gasteiger partial charge in [0.2, 0.25) is 11.6 Å². The second kappa shape index (κ2) is 7.67. The lowest BCUT2D eigenvalue weighted by molar-refractivity contribution is -0.319. The Morgan fingerprint density at radius 2 is 1.69 bits per heavy atom. The molecule has 4 bridgehead atoms. The van der Waals surface area contributed by atoms with Crippen molar-refractivity contribution >= 4 is 21.4 Å². The van der Waals surface area contributed by atoms with Gasteiger partial charge in [0.1, 0.15) is 6.10 Å². The lowest BCUT2D eigenvalue weighted by atomic mass is 9.80. The van der Waals surface area contributed by atoms with E-state index in [0.29, 0.717) is 12.0 Å². The maximum absolute atomic E-state index is 13.2. The monoisotopic (exact) mass is 492 g/mol. The zero-order chi connectivity index (χ0) is 23.7. The molecule has 0 radical (unpaired) electrons. The lowest BCUT2D eigenvalue weighted by Gasteiger charge is -2.47. The van der Waals surface area contributed by atoms with Crippen LogP contribution < -0.4 is 0 Å². The summed E-state index contributed by atoms with van der Waals surface area (Å²) in [7, 11) is -8.37. The molecule has 5 aliphatic rings. The van der Waals surface area contributed by atoms with Crippen molar-refractivity contribution in [3.05, 3.63) is 23.3 Å². The molecule has 32 heavy (non-hydrogen) atoms. The third-order valence-electron chi connectivity index (χ3n) is 5.98. The maximum atomic E-state index is 13.2. The van der Waals surface area contributed by atoms with Gasteiger partial charge in [-0.15, -0.1) is 0 Å². The van der Waals surface area contributed by atoms with E-state index in [1.165, 1.54) is 6.08 Å². The highest BCUT2D eigenvalue weighted by Crippen LogP contribution is 2.85. The molecule has 5 heterocycles. The van der Waals surface area contributed by atoms with Crippen molar-refractivity contribution in [3.8, 4) is 0 Å². The molecular weight excluding hydrogens is 462 g/mol. The summed E-state index contributed by atoms with van der Waals surface area (Å²) in [6.07, 6.45) is 3.41. The Morgan fingerprint density at radius 1 is 1.06 bits per heavy atom. The highest BCUT2D eigenvalue weighted by atomic mass is 31.2. The SMILES string of the molecule is CC(C)=CCC/C(C)=C/C(=O)C1(O)OP2(=O)OC1C(C)C1(O2)OP2(=O)OC1(CC(C)C)O2. The molecule has 5 atom stereocenters. The summed E-state index contributed by atoms with van der Waals surface area (Å²) in [5.41, 5.74) is 1.87. The number of carbonyl (C=O) groups is 1. The molecule has 5 fully saturated rings. The summed E-state index contributed by atoms with van der Waals surface area (Å²) >= 11 is 0. The first-order chi connectivity index (χ1) is 14.7. The zero-order valence-corrected chi connectivity index (χ0v) is 20.8. The Kier molecular flexibility index (Phi) is 5.86. The van der Waals surface area contributed by atoms with Crippen LogP contribution in [-0.2, 0) is 41.1 Å². The fraction of sp³-hybridized carbons (Fsp3) is 0.750. The molecule has 1 N–H and O–H groups in total. The van der Waals surface area contributed by atoms with Crippen molar-refractivity contribution < 1.29 is 46.2 Å². The van der Waals surface area contributed by atoms with Gasteiger partial charge < -0.3 is 5.11 Å². The number of phosphoric ester groups is 2. The van der Waals surface area contributed by atoms with Gasteiger partial charge in [0.25, 0.3) is 11.6 Å². The largest absolute Gasteiger partial charge is 0.483 e. The number of fused-ring (bicyclic) bond motifs is 2.